The van der Waals surface area contributed by atoms with Crippen molar-refractivity contribution in [2.75, 3.05) is 19.7 Å². The minimum atomic E-state index is -0.219. The number of carbonyl (C=O) groups is 2. The lowest BCUT2D eigenvalue weighted by Crippen LogP contribution is -2.39. The maximum absolute atomic E-state index is 13.2. The predicted molar refractivity (Wildman–Crippen MR) is 133 cm³/mol. The molecule has 1 fully saturated rings. The molecule has 0 aliphatic carbocycles. The highest BCUT2D eigenvalue weighted by Crippen LogP contribution is 2.33. The molecule has 174 valence electrons. The first-order valence-corrected chi connectivity index (χ1v) is 12.5. The van der Waals surface area contributed by atoms with E-state index in [-0.39, 0.29) is 24.5 Å². The van der Waals surface area contributed by atoms with Gasteiger partial charge in [-0.1, -0.05) is 36.4 Å². The topological polar surface area (TPSA) is 61.9 Å². The smallest absolute Gasteiger partial charge is 0.283 e. The van der Waals surface area contributed by atoms with Crippen molar-refractivity contribution in [2.45, 2.75) is 25.3 Å². The number of nitrogens with one attached hydrogen (secondary N) is 1. The fourth-order valence-electron chi connectivity index (χ4n) is 4.33. The average molecular weight is 474 g/mol. The molecule has 2 aliphatic rings. The molecular weight excluding hydrogens is 446 g/mol. The third kappa shape index (κ3) is 4.84. The highest BCUT2D eigenvalue weighted by atomic mass is 32.1. The van der Waals surface area contributed by atoms with Crippen molar-refractivity contribution in [3.8, 4) is 5.75 Å². The molecule has 3 heterocycles. The molecule has 3 aromatic rings. The summed E-state index contributed by atoms with van der Waals surface area (Å²) in [4.78, 5) is 28.1. The second-order valence-corrected chi connectivity index (χ2v) is 9.40. The van der Waals surface area contributed by atoms with E-state index < -0.39 is 0 Å². The molecule has 7 heteroatoms. The normalized spacial score (nSPS) is 17.8. The number of hydrogen-bond donors (Lipinski definition) is 1. The quantitative estimate of drug-likeness (QED) is 0.554. The lowest BCUT2D eigenvalue weighted by molar-refractivity contribution is -0.134. The Labute approximate surface area is 203 Å². The molecule has 0 saturated carbocycles. The van der Waals surface area contributed by atoms with Crippen molar-refractivity contribution >= 4 is 28.8 Å². The summed E-state index contributed by atoms with van der Waals surface area (Å²) < 4.78 is 5.74. The van der Waals surface area contributed by atoms with Crippen LogP contribution in [-0.4, -0.2) is 41.4 Å². The number of ether oxygens (including phenoxy) is 1. The van der Waals surface area contributed by atoms with Gasteiger partial charge in [-0.05, 0) is 72.2 Å². The van der Waals surface area contributed by atoms with Crippen molar-refractivity contribution < 1.29 is 14.3 Å². The van der Waals surface area contributed by atoms with Crippen molar-refractivity contribution in [3.05, 3.63) is 94.2 Å². The molecule has 1 aromatic heterocycles. The molecule has 5 rings (SSSR count). The maximum Gasteiger partial charge on any atom is 0.283 e. The fourth-order valence-corrected chi connectivity index (χ4v) is 4.99. The third-order valence-electron chi connectivity index (χ3n) is 6.17. The van der Waals surface area contributed by atoms with Crippen LogP contribution in [0.4, 0.5) is 0 Å². The van der Waals surface area contributed by atoms with Crippen LogP contribution < -0.4 is 10.2 Å². The minimum absolute atomic E-state index is 0.0392. The van der Waals surface area contributed by atoms with Crippen LogP contribution in [-0.2, 0) is 4.79 Å². The molecule has 6 nitrogen and oxygen atoms in total. The van der Waals surface area contributed by atoms with Gasteiger partial charge in [-0.15, -0.1) is 11.3 Å². The molecule has 0 radical (unpaired) electrons. The summed E-state index contributed by atoms with van der Waals surface area (Å²) in [6.45, 7) is 1.70. The minimum Gasteiger partial charge on any atom is -0.484 e. The highest BCUT2D eigenvalue weighted by molar-refractivity contribution is 7.12. The number of hydrogen-bond acceptors (Lipinski definition) is 5. The van der Waals surface area contributed by atoms with E-state index in [1.165, 1.54) is 17.8 Å². The van der Waals surface area contributed by atoms with E-state index >= 15 is 0 Å². The third-order valence-corrected chi connectivity index (χ3v) is 7.03. The number of rotatable bonds is 6. The number of carbonyl (C=O) groups excluding carboxylic acids is 2. The van der Waals surface area contributed by atoms with Crippen LogP contribution in [0.3, 0.4) is 0 Å². The van der Waals surface area contributed by atoms with Crippen LogP contribution >= 0.6 is 11.3 Å². The van der Waals surface area contributed by atoms with Crippen molar-refractivity contribution in [3.63, 3.8) is 0 Å². The van der Waals surface area contributed by atoms with Crippen LogP contribution in [0, 0.1) is 0 Å². The Kier molecular flexibility index (Phi) is 6.62. The molecule has 0 bridgehead atoms. The van der Waals surface area contributed by atoms with E-state index in [0.717, 1.165) is 42.8 Å². The Morgan fingerprint density at radius 1 is 0.941 bits per heavy atom. The summed E-state index contributed by atoms with van der Waals surface area (Å²) in [5, 5.41) is 3.59. The van der Waals surface area contributed by atoms with Gasteiger partial charge < -0.3 is 9.64 Å². The number of benzene rings is 2. The number of likely N-dealkylation sites (tertiary alicyclic amines) is 1. The SMILES string of the molecule is O=C(COc1ccc(C2=C[C@H](c3ccccc3)N(C(=O)c3cccs3)N2)cc1)N1CCCCC1. The molecule has 1 atom stereocenters. The van der Waals surface area contributed by atoms with E-state index in [1.54, 1.807) is 5.01 Å². The van der Waals surface area contributed by atoms with E-state index in [9.17, 15) is 9.59 Å². The summed E-state index contributed by atoms with van der Waals surface area (Å²) in [5.41, 5.74) is 6.14. The molecule has 0 unspecified atom stereocenters. The number of nitrogens with zero attached hydrogens (tertiary/aromatic N) is 2. The van der Waals surface area contributed by atoms with Crippen LogP contribution in [0.5, 0.6) is 5.75 Å². The highest BCUT2D eigenvalue weighted by Gasteiger charge is 2.31. The van der Waals surface area contributed by atoms with E-state index in [0.29, 0.717) is 10.6 Å². The molecular formula is C27H27N3O3S. The maximum atomic E-state index is 13.2. The average Bonchev–Trinajstić information content (AvgIpc) is 3.59. The number of thiophene rings is 1. The van der Waals surface area contributed by atoms with Gasteiger partial charge in [0.25, 0.3) is 11.8 Å². The molecule has 2 amide bonds. The zero-order valence-electron chi connectivity index (χ0n) is 18.9. The summed E-state index contributed by atoms with van der Waals surface area (Å²) >= 11 is 1.43. The van der Waals surface area contributed by atoms with Crippen molar-refractivity contribution in [2.24, 2.45) is 0 Å². The Balaban J connectivity index is 1.29. The monoisotopic (exact) mass is 473 g/mol. The fraction of sp³-hybridized carbons (Fsp3) is 0.259. The molecule has 0 spiro atoms. The van der Waals surface area contributed by atoms with Crippen LogP contribution in [0.1, 0.15) is 46.1 Å². The first kappa shape index (κ1) is 22.2. The van der Waals surface area contributed by atoms with Crippen LogP contribution in [0.25, 0.3) is 5.70 Å². The number of hydrazine groups is 1. The molecule has 2 aliphatic heterocycles. The van der Waals surface area contributed by atoms with Gasteiger partial charge in [0.15, 0.2) is 6.61 Å². The largest absolute Gasteiger partial charge is 0.484 e. The molecule has 2 aromatic carbocycles. The van der Waals surface area contributed by atoms with Gasteiger partial charge in [0, 0.05) is 13.1 Å². The lowest BCUT2D eigenvalue weighted by atomic mass is 10.0. The molecule has 34 heavy (non-hydrogen) atoms. The zero-order valence-corrected chi connectivity index (χ0v) is 19.7. The Morgan fingerprint density at radius 3 is 2.41 bits per heavy atom. The lowest BCUT2D eigenvalue weighted by Gasteiger charge is -2.26. The van der Waals surface area contributed by atoms with Crippen LogP contribution in [0.2, 0.25) is 0 Å². The second kappa shape index (κ2) is 10.1. The van der Waals surface area contributed by atoms with Crippen molar-refractivity contribution in [1.82, 2.24) is 15.3 Å². The van der Waals surface area contributed by atoms with Gasteiger partial charge in [0.05, 0.1) is 16.6 Å². The predicted octanol–water partition coefficient (Wildman–Crippen LogP) is 4.88. The van der Waals surface area contributed by atoms with Gasteiger partial charge in [0.2, 0.25) is 0 Å². The summed E-state index contributed by atoms with van der Waals surface area (Å²) in [5.74, 6) is 0.627. The van der Waals surface area contributed by atoms with Gasteiger partial charge in [0.1, 0.15) is 5.75 Å². The van der Waals surface area contributed by atoms with Gasteiger partial charge in [-0.3, -0.25) is 15.0 Å². The first-order valence-electron chi connectivity index (χ1n) is 11.6. The Bertz CT molecular complexity index is 1150. The summed E-state index contributed by atoms with van der Waals surface area (Å²) in [6, 6.07) is 21.1. The van der Waals surface area contributed by atoms with Crippen molar-refractivity contribution in [1.29, 1.82) is 0 Å². The van der Waals surface area contributed by atoms with E-state index in [4.69, 9.17) is 4.74 Å². The van der Waals surface area contributed by atoms with Gasteiger partial charge >= 0.3 is 0 Å². The standard InChI is InChI=1S/C27H27N3O3S/c31-26(29-15-5-2-6-16-29)19-33-22-13-11-20(12-14-22)23-18-24(21-8-3-1-4-9-21)30(28-23)27(32)25-10-7-17-34-25/h1,3-4,7-14,17-18,24,28H,2,5-6,15-16,19H2/t24-/m1/s1. The number of piperidine rings is 1. The molecule has 1 saturated heterocycles. The second-order valence-electron chi connectivity index (χ2n) is 8.45. The summed E-state index contributed by atoms with van der Waals surface area (Å²) in [6.07, 6.45) is 5.39. The molecule has 1 N–H and O–H groups in total. The van der Waals surface area contributed by atoms with Crippen LogP contribution in [0.15, 0.2) is 78.2 Å². The summed E-state index contributed by atoms with van der Waals surface area (Å²) in [7, 11) is 0. The zero-order chi connectivity index (χ0) is 23.3. The van der Waals surface area contributed by atoms with Gasteiger partial charge in [-0.25, -0.2) is 5.01 Å². The Hall–Kier alpha value is -3.58. The first-order chi connectivity index (χ1) is 16.7. The Morgan fingerprint density at radius 2 is 1.71 bits per heavy atom. The van der Waals surface area contributed by atoms with Gasteiger partial charge in [-0.2, -0.15) is 0 Å². The number of amides is 2. The van der Waals surface area contributed by atoms with E-state index in [1.807, 2.05) is 77.0 Å². The van der Waals surface area contributed by atoms with E-state index in [2.05, 4.69) is 11.5 Å².